The van der Waals surface area contributed by atoms with E-state index in [1.54, 1.807) is 6.92 Å². The van der Waals surface area contributed by atoms with E-state index in [4.69, 9.17) is 10.5 Å². The normalized spacial score (nSPS) is 10.3. The summed E-state index contributed by atoms with van der Waals surface area (Å²) in [6, 6.07) is 7.59. The summed E-state index contributed by atoms with van der Waals surface area (Å²) in [5.74, 6) is -0.425. The van der Waals surface area contributed by atoms with Crippen molar-refractivity contribution in [2.45, 2.75) is 6.92 Å². The lowest BCUT2D eigenvalue weighted by Gasteiger charge is -2.02. The van der Waals surface area contributed by atoms with E-state index in [0.717, 1.165) is 21.6 Å². The van der Waals surface area contributed by atoms with Crippen molar-refractivity contribution < 1.29 is 9.53 Å². The molecule has 0 aliphatic heterocycles. The number of halogens is 1. The highest BCUT2D eigenvalue weighted by molar-refractivity contribution is 9.10. The molecule has 0 aliphatic carbocycles. The molecule has 2 rings (SSSR count). The lowest BCUT2D eigenvalue weighted by Crippen LogP contribution is -2.05. The molecular formula is C12H11BrN2O2S. The molecule has 0 aliphatic rings. The molecule has 94 valence electrons. The number of benzene rings is 1. The van der Waals surface area contributed by atoms with Crippen LogP contribution in [0.5, 0.6) is 0 Å². The van der Waals surface area contributed by atoms with Gasteiger partial charge in [0.2, 0.25) is 0 Å². The standard InChI is InChI=1S/C12H11BrN2O2S/c1-2-17-12(16)11-9(14)10(15-18-11)7-5-3-4-6-8(7)13/h3-6H,2,14H2,1H3. The highest BCUT2D eigenvalue weighted by Gasteiger charge is 2.20. The van der Waals surface area contributed by atoms with Crippen molar-refractivity contribution in [3.63, 3.8) is 0 Å². The molecule has 1 aromatic heterocycles. The lowest BCUT2D eigenvalue weighted by molar-refractivity contribution is 0.0533. The second kappa shape index (κ2) is 5.49. The average Bonchev–Trinajstić information content (AvgIpc) is 2.72. The Balaban J connectivity index is 2.43. The molecule has 0 atom stereocenters. The van der Waals surface area contributed by atoms with E-state index < -0.39 is 5.97 Å². The molecule has 0 saturated heterocycles. The number of nitrogen functional groups attached to an aromatic ring is 1. The van der Waals surface area contributed by atoms with Gasteiger partial charge in [-0.3, -0.25) is 0 Å². The molecule has 2 aromatic rings. The Labute approximate surface area is 117 Å². The van der Waals surface area contributed by atoms with Crippen LogP contribution in [0.2, 0.25) is 0 Å². The predicted molar refractivity (Wildman–Crippen MR) is 75.6 cm³/mol. The fourth-order valence-electron chi connectivity index (χ4n) is 1.49. The summed E-state index contributed by atoms with van der Waals surface area (Å²) >= 11 is 4.49. The minimum absolute atomic E-state index is 0.320. The van der Waals surface area contributed by atoms with Gasteiger partial charge in [0.25, 0.3) is 0 Å². The van der Waals surface area contributed by atoms with Gasteiger partial charge in [-0.25, -0.2) is 4.79 Å². The van der Waals surface area contributed by atoms with Gasteiger partial charge in [0.05, 0.1) is 12.3 Å². The van der Waals surface area contributed by atoms with Crippen molar-refractivity contribution >= 4 is 39.1 Å². The van der Waals surface area contributed by atoms with Crippen LogP contribution in [0.1, 0.15) is 16.6 Å². The molecule has 0 bridgehead atoms. The zero-order valence-electron chi connectivity index (χ0n) is 9.64. The van der Waals surface area contributed by atoms with E-state index in [9.17, 15) is 4.79 Å². The Kier molecular flexibility index (Phi) is 3.98. The molecule has 0 saturated carbocycles. The number of hydrogen-bond acceptors (Lipinski definition) is 5. The first-order valence-corrected chi connectivity index (χ1v) is 6.89. The first kappa shape index (κ1) is 13.0. The van der Waals surface area contributed by atoms with Crippen LogP contribution >= 0.6 is 27.5 Å². The highest BCUT2D eigenvalue weighted by atomic mass is 79.9. The van der Waals surface area contributed by atoms with Crippen LogP contribution in [-0.2, 0) is 4.74 Å². The Bertz CT molecular complexity index is 583. The number of ether oxygens (including phenoxy) is 1. The topological polar surface area (TPSA) is 65.2 Å². The van der Waals surface area contributed by atoms with Gasteiger partial charge in [-0.2, -0.15) is 4.37 Å². The van der Waals surface area contributed by atoms with Crippen LogP contribution in [0.15, 0.2) is 28.7 Å². The fraction of sp³-hybridized carbons (Fsp3) is 0.167. The molecule has 0 amide bonds. The summed E-state index contributed by atoms with van der Waals surface area (Å²) < 4.78 is 10.1. The minimum Gasteiger partial charge on any atom is -0.462 e. The molecule has 18 heavy (non-hydrogen) atoms. The molecule has 1 aromatic carbocycles. The maximum absolute atomic E-state index is 11.7. The summed E-state index contributed by atoms with van der Waals surface area (Å²) in [4.78, 5) is 12.0. The van der Waals surface area contributed by atoms with Gasteiger partial charge in [-0.05, 0) is 24.5 Å². The molecule has 0 radical (unpaired) electrons. The maximum Gasteiger partial charge on any atom is 0.352 e. The quantitative estimate of drug-likeness (QED) is 0.878. The van der Waals surface area contributed by atoms with Crippen molar-refractivity contribution in [1.82, 2.24) is 4.37 Å². The largest absolute Gasteiger partial charge is 0.462 e. The van der Waals surface area contributed by atoms with E-state index in [-0.39, 0.29) is 0 Å². The molecule has 1 heterocycles. The van der Waals surface area contributed by atoms with Crippen LogP contribution in [0.4, 0.5) is 5.69 Å². The summed E-state index contributed by atoms with van der Waals surface area (Å²) in [6.45, 7) is 2.07. The van der Waals surface area contributed by atoms with Crippen LogP contribution in [0.25, 0.3) is 11.3 Å². The zero-order valence-corrected chi connectivity index (χ0v) is 12.0. The Morgan fingerprint density at radius 3 is 2.89 bits per heavy atom. The number of carbonyl (C=O) groups excluding carboxylic acids is 1. The van der Waals surface area contributed by atoms with E-state index in [1.165, 1.54) is 0 Å². The van der Waals surface area contributed by atoms with Crippen LogP contribution in [-0.4, -0.2) is 16.9 Å². The van der Waals surface area contributed by atoms with Gasteiger partial charge >= 0.3 is 5.97 Å². The number of nitrogens with zero attached hydrogens (tertiary/aromatic N) is 1. The first-order valence-electron chi connectivity index (χ1n) is 5.32. The van der Waals surface area contributed by atoms with Crippen molar-refractivity contribution in [3.8, 4) is 11.3 Å². The molecule has 0 fully saturated rings. The minimum atomic E-state index is -0.425. The first-order chi connectivity index (χ1) is 8.65. The number of anilines is 1. The monoisotopic (exact) mass is 326 g/mol. The van der Waals surface area contributed by atoms with Gasteiger partial charge < -0.3 is 10.5 Å². The third-order valence-electron chi connectivity index (χ3n) is 2.32. The number of nitrogens with two attached hydrogens (primary N) is 1. The summed E-state index contributed by atoms with van der Waals surface area (Å²) in [6.07, 6.45) is 0. The van der Waals surface area contributed by atoms with Crippen LogP contribution < -0.4 is 5.73 Å². The van der Waals surface area contributed by atoms with E-state index in [0.29, 0.717) is 22.9 Å². The summed E-state index contributed by atoms with van der Waals surface area (Å²) in [5.41, 5.74) is 7.80. The maximum atomic E-state index is 11.7. The number of aromatic nitrogens is 1. The van der Waals surface area contributed by atoms with Crippen LogP contribution in [0, 0.1) is 0 Å². The second-order valence-electron chi connectivity index (χ2n) is 3.47. The Morgan fingerprint density at radius 1 is 1.50 bits per heavy atom. The van der Waals surface area contributed by atoms with E-state index >= 15 is 0 Å². The SMILES string of the molecule is CCOC(=O)c1snc(-c2ccccc2Br)c1N. The zero-order chi connectivity index (χ0) is 13.1. The molecule has 0 spiro atoms. The Morgan fingerprint density at radius 2 is 2.22 bits per heavy atom. The number of rotatable bonds is 3. The molecule has 6 heteroatoms. The third kappa shape index (κ3) is 2.39. The summed E-state index contributed by atoms with van der Waals surface area (Å²) in [7, 11) is 0. The van der Waals surface area contributed by atoms with Gasteiger partial charge in [0.15, 0.2) is 4.88 Å². The summed E-state index contributed by atoms with van der Waals surface area (Å²) in [5, 5.41) is 0. The lowest BCUT2D eigenvalue weighted by atomic mass is 10.1. The van der Waals surface area contributed by atoms with Gasteiger partial charge in [-0.1, -0.05) is 34.1 Å². The third-order valence-corrected chi connectivity index (χ3v) is 3.85. The molecule has 2 N–H and O–H groups in total. The predicted octanol–water partition coefficient (Wildman–Crippen LogP) is 3.33. The molecule has 0 unspecified atom stereocenters. The van der Waals surface area contributed by atoms with Crippen LogP contribution in [0.3, 0.4) is 0 Å². The molecule has 4 nitrogen and oxygen atoms in total. The smallest absolute Gasteiger partial charge is 0.352 e. The van der Waals surface area contributed by atoms with Crippen molar-refractivity contribution in [2.24, 2.45) is 0 Å². The van der Waals surface area contributed by atoms with Crippen molar-refractivity contribution in [3.05, 3.63) is 33.6 Å². The molecular weight excluding hydrogens is 316 g/mol. The number of carbonyl (C=O) groups is 1. The fourth-order valence-corrected chi connectivity index (χ4v) is 2.67. The number of esters is 1. The van der Waals surface area contributed by atoms with Gasteiger partial charge in [0.1, 0.15) is 5.69 Å². The Hall–Kier alpha value is -1.40. The van der Waals surface area contributed by atoms with E-state index in [2.05, 4.69) is 20.3 Å². The van der Waals surface area contributed by atoms with Gasteiger partial charge in [-0.15, -0.1) is 0 Å². The van der Waals surface area contributed by atoms with Crippen molar-refractivity contribution in [1.29, 1.82) is 0 Å². The van der Waals surface area contributed by atoms with Crippen molar-refractivity contribution in [2.75, 3.05) is 12.3 Å². The second-order valence-corrected chi connectivity index (χ2v) is 5.10. The average molecular weight is 327 g/mol. The number of hydrogen-bond donors (Lipinski definition) is 1. The van der Waals surface area contributed by atoms with E-state index in [1.807, 2.05) is 24.3 Å². The highest BCUT2D eigenvalue weighted by Crippen LogP contribution is 2.35. The van der Waals surface area contributed by atoms with Gasteiger partial charge in [0, 0.05) is 10.0 Å².